The van der Waals surface area contributed by atoms with E-state index >= 15 is 0 Å². The summed E-state index contributed by atoms with van der Waals surface area (Å²) >= 11 is 0. The molecule has 0 unspecified atom stereocenters. The standard InChI is InChI=1S/C25H26N4O3/c1-19-24(25(31)29(27(19)2)21-12-7-4-8-13-21)26-23(30)18-28(17-22-14-9-15-32-22)16-20-10-5-3-6-11-20/h3-15H,16-18H2,1-2H3,(H,26,30). The van der Waals surface area contributed by atoms with Crippen molar-refractivity contribution in [3.05, 3.63) is 106 Å². The van der Waals surface area contributed by atoms with Crippen molar-refractivity contribution < 1.29 is 9.21 Å². The summed E-state index contributed by atoms with van der Waals surface area (Å²) < 4.78 is 8.78. The van der Waals surface area contributed by atoms with E-state index < -0.39 is 0 Å². The Balaban J connectivity index is 1.54. The van der Waals surface area contributed by atoms with Crippen LogP contribution in [0, 0.1) is 6.92 Å². The second-order valence-corrected chi connectivity index (χ2v) is 7.69. The van der Waals surface area contributed by atoms with Crippen LogP contribution in [-0.4, -0.2) is 26.7 Å². The average molecular weight is 431 g/mol. The van der Waals surface area contributed by atoms with E-state index in [2.05, 4.69) is 5.32 Å². The maximum atomic E-state index is 13.1. The molecule has 0 spiro atoms. The third-order valence-electron chi connectivity index (χ3n) is 5.39. The van der Waals surface area contributed by atoms with E-state index in [0.717, 1.165) is 17.0 Å². The molecule has 2 aromatic carbocycles. The summed E-state index contributed by atoms with van der Waals surface area (Å²) in [5, 5.41) is 2.84. The van der Waals surface area contributed by atoms with Crippen LogP contribution in [0.4, 0.5) is 5.69 Å². The van der Waals surface area contributed by atoms with Crippen LogP contribution in [0.1, 0.15) is 17.0 Å². The molecule has 0 saturated carbocycles. The molecule has 0 saturated heterocycles. The first kappa shape index (κ1) is 21.4. The normalized spacial score (nSPS) is 11.1. The molecule has 7 nitrogen and oxygen atoms in total. The van der Waals surface area contributed by atoms with Crippen LogP contribution in [-0.2, 0) is 24.9 Å². The molecular weight excluding hydrogens is 404 g/mol. The van der Waals surface area contributed by atoms with Gasteiger partial charge in [-0.05, 0) is 36.8 Å². The molecule has 0 fully saturated rings. The molecule has 2 heterocycles. The van der Waals surface area contributed by atoms with Gasteiger partial charge in [0, 0.05) is 13.6 Å². The number of furan rings is 1. The zero-order valence-electron chi connectivity index (χ0n) is 18.2. The van der Waals surface area contributed by atoms with E-state index in [0.29, 0.717) is 24.5 Å². The highest BCUT2D eigenvalue weighted by atomic mass is 16.3. The molecular formula is C25H26N4O3. The third kappa shape index (κ3) is 4.73. The number of carbonyl (C=O) groups excluding carboxylic acids is 1. The van der Waals surface area contributed by atoms with Gasteiger partial charge in [-0.1, -0.05) is 48.5 Å². The Morgan fingerprint density at radius 3 is 2.31 bits per heavy atom. The molecule has 0 aliphatic carbocycles. The second kappa shape index (κ2) is 9.53. The van der Waals surface area contributed by atoms with Crippen molar-refractivity contribution in [3.8, 4) is 5.69 Å². The lowest BCUT2D eigenvalue weighted by molar-refractivity contribution is -0.117. The van der Waals surface area contributed by atoms with Crippen molar-refractivity contribution in [1.29, 1.82) is 0 Å². The van der Waals surface area contributed by atoms with Crippen LogP contribution >= 0.6 is 0 Å². The fraction of sp³-hybridized carbons (Fsp3) is 0.200. The molecule has 32 heavy (non-hydrogen) atoms. The number of carbonyl (C=O) groups is 1. The van der Waals surface area contributed by atoms with Gasteiger partial charge in [-0.15, -0.1) is 0 Å². The zero-order chi connectivity index (χ0) is 22.5. The molecule has 164 valence electrons. The number of aromatic nitrogens is 2. The number of nitrogens with one attached hydrogen (secondary N) is 1. The lowest BCUT2D eigenvalue weighted by atomic mass is 10.2. The summed E-state index contributed by atoms with van der Waals surface area (Å²) in [5.41, 5.74) is 2.55. The van der Waals surface area contributed by atoms with E-state index in [1.807, 2.05) is 84.6 Å². The Morgan fingerprint density at radius 2 is 1.66 bits per heavy atom. The minimum Gasteiger partial charge on any atom is -0.468 e. The van der Waals surface area contributed by atoms with Gasteiger partial charge >= 0.3 is 0 Å². The highest BCUT2D eigenvalue weighted by Crippen LogP contribution is 2.15. The van der Waals surface area contributed by atoms with Crippen LogP contribution < -0.4 is 10.9 Å². The smallest absolute Gasteiger partial charge is 0.295 e. The van der Waals surface area contributed by atoms with E-state index in [4.69, 9.17) is 4.42 Å². The third-order valence-corrected chi connectivity index (χ3v) is 5.39. The van der Waals surface area contributed by atoms with Gasteiger partial charge in [0.05, 0.1) is 30.7 Å². The molecule has 2 aromatic heterocycles. The van der Waals surface area contributed by atoms with Gasteiger partial charge in [-0.2, -0.15) is 0 Å². The topological polar surface area (TPSA) is 72.4 Å². The summed E-state index contributed by atoms with van der Waals surface area (Å²) in [4.78, 5) is 28.0. The average Bonchev–Trinajstić information content (AvgIpc) is 3.37. The molecule has 1 N–H and O–H groups in total. The number of benzene rings is 2. The summed E-state index contributed by atoms with van der Waals surface area (Å²) in [6.07, 6.45) is 1.62. The van der Waals surface area contributed by atoms with E-state index in [1.54, 1.807) is 22.7 Å². The lowest BCUT2D eigenvalue weighted by Gasteiger charge is -2.20. The number of hydrogen-bond acceptors (Lipinski definition) is 4. The number of para-hydroxylation sites is 1. The minimum absolute atomic E-state index is 0.120. The van der Waals surface area contributed by atoms with Gasteiger partial charge in [0.2, 0.25) is 5.91 Å². The van der Waals surface area contributed by atoms with Gasteiger partial charge in [0.1, 0.15) is 11.4 Å². The molecule has 4 aromatic rings. The predicted molar refractivity (Wildman–Crippen MR) is 124 cm³/mol. The highest BCUT2D eigenvalue weighted by molar-refractivity contribution is 5.92. The number of amides is 1. The van der Waals surface area contributed by atoms with E-state index in [1.165, 1.54) is 0 Å². The van der Waals surface area contributed by atoms with Crippen molar-refractivity contribution >= 4 is 11.6 Å². The monoisotopic (exact) mass is 430 g/mol. The Kier molecular flexibility index (Phi) is 6.37. The van der Waals surface area contributed by atoms with Gasteiger partial charge in [-0.3, -0.25) is 19.2 Å². The quantitative estimate of drug-likeness (QED) is 0.463. The van der Waals surface area contributed by atoms with Crippen molar-refractivity contribution in [2.45, 2.75) is 20.0 Å². The summed E-state index contributed by atoms with van der Waals surface area (Å²) in [6.45, 7) is 3.00. The summed E-state index contributed by atoms with van der Waals surface area (Å²) in [7, 11) is 1.80. The second-order valence-electron chi connectivity index (χ2n) is 7.69. The number of hydrogen-bond donors (Lipinski definition) is 1. The highest BCUT2D eigenvalue weighted by Gasteiger charge is 2.20. The summed E-state index contributed by atoms with van der Waals surface area (Å²) in [5.74, 6) is 0.523. The molecule has 0 aliphatic rings. The zero-order valence-corrected chi connectivity index (χ0v) is 18.2. The largest absolute Gasteiger partial charge is 0.468 e. The minimum atomic E-state index is -0.259. The fourth-order valence-electron chi connectivity index (χ4n) is 3.73. The molecule has 0 radical (unpaired) electrons. The Morgan fingerprint density at radius 1 is 0.969 bits per heavy atom. The Bertz CT molecular complexity index is 1230. The van der Waals surface area contributed by atoms with Gasteiger partial charge in [0.25, 0.3) is 5.56 Å². The first-order valence-corrected chi connectivity index (χ1v) is 10.5. The maximum Gasteiger partial charge on any atom is 0.295 e. The Labute approximate surface area is 186 Å². The number of nitrogens with zero attached hydrogens (tertiary/aromatic N) is 3. The number of anilines is 1. The molecule has 0 aliphatic heterocycles. The van der Waals surface area contributed by atoms with Crippen LogP contribution in [0.5, 0.6) is 0 Å². The van der Waals surface area contributed by atoms with Crippen LogP contribution in [0.25, 0.3) is 5.69 Å². The molecule has 0 bridgehead atoms. The predicted octanol–water partition coefficient (Wildman–Crippen LogP) is 3.72. The van der Waals surface area contributed by atoms with E-state index in [9.17, 15) is 9.59 Å². The SMILES string of the molecule is Cc1c(NC(=O)CN(Cc2ccccc2)Cc2ccco2)c(=O)n(-c2ccccc2)n1C. The van der Waals surface area contributed by atoms with Gasteiger partial charge in [-0.25, -0.2) is 4.68 Å². The van der Waals surface area contributed by atoms with Crippen LogP contribution in [0.15, 0.2) is 88.3 Å². The van der Waals surface area contributed by atoms with Crippen molar-refractivity contribution in [1.82, 2.24) is 14.3 Å². The van der Waals surface area contributed by atoms with Crippen LogP contribution in [0.2, 0.25) is 0 Å². The van der Waals surface area contributed by atoms with Crippen molar-refractivity contribution in [3.63, 3.8) is 0 Å². The molecule has 0 atom stereocenters. The number of rotatable bonds is 8. The molecule has 7 heteroatoms. The Hall–Kier alpha value is -3.84. The maximum absolute atomic E-state index is 13.1. The van der Waals surface area contributed by atoms with Gasteiger partial charge in [0.15, 0.2) is 0 Å². The van der Waals surface area contributed by atoms with E-state index in [-0.39, 0.29) is 18.0 Å². The lowest BCUT2D eigenvalue weighted by Crippen LogP contribution is -2.33. The summed E-state index contributed by atoms with van der Waals surface area (Å²) in [6, 6.07) is 23.0. The first-order valence-electron chi connectivity index (χ1n) is 10.5. The van der Waals surface area contributed by atoms with Crippen molar-refractivity contribution in [2.75, 3.05) is 11.9 Å². The van der Waals surface area contributed by atoms with Crippen molar-refractivity contribution in [2.24, 2.45) is 7.05 Å². The molecule has 1 amide bonds. The first-order chi connectivity index (χ1) is 15.5. The van der Waals surface area contributed by atoms with Gasteiger partial charge < -0.3 is 9.73 Å². The molecule has 4 rings (SSSR count). The fourth-order valence-corrected chi connectivity index (χ4v) is 3.73. The van der Waals surface area contributed by atoms with Crippen LogP contribution in [0.3, 0.4) is 0 Å².